The van der Waals surface area contributed by atoms with E-state index in [2.05, 4.69) is 4.90 Å². The van der Waals surface area contributed by atoms with Crippen LogP contribution in [0.15, 0.2) is 29.2 Å². The van der Waals surface area contributed by atoms with Crippen LogP contribution < -0.4 is 0 Å². The maximum Gasteiger partial charge on any atom is 0.242 e. The molecule has 1 aromatic rings. The number of nitrogens with zero attached hydrogens (tertiary/aromatic N) is 2. The van der Waals surface area contributed by atoms with E-state index in [1.807, 2.05) is 19.1 Å². The highest BCUT2D eigenvalue weighted by atomic mass is 32.2. The largest absolute Gasteiger partial charge is 0.379 e. The zero-order chi connectivity index (χ0) is 14.6. The summed E-state index contributed by atoms with van der Waals surface area (Å²) in [5, 5.41) is 0. The van der Waals surface area contributed by atoms with Gasteiger partial charge >= 0.3 is 0 Å². The summed E-state index contributed by atoms with van der Waals surface area (Å²) in [6.45, 7) is 6.39. The van der Waals surface area contributed by atoms with Crippen LogP contribution in [0.25, 0.3) is 0 Å². The highest BCUT2D eigenvalue weighted by Gasteiger charge is 2.21. The zero-order valence-electron chi connectivity index (χ0n) is 12.1. The van der Waals surface area contributed by atoms with Crippen molar-refractivity contribution >= 4 is 10.0 Å². The van der Waals surface area contributed by atoms with Gasteiger partial charge in [0.2, 0.25) is 10.0 Å². The minimum absolute atomic E-state index is 0.354. The van der Waals surface area contributed by atoms with Crippen molar-refractivity contribution in [1.29, 1.82) is 0 Å². The van der Waals surface area contributed by atoms with E-state index in [9.17, 15) is 8.42 Å². The maximum atomic E-state index is 12.4. The Morgan fingerprint density at radius 3 is 2.40 bits per heavy atom. The molecule has 1 aliphatic heterocycles. The van der Waals surface area contributed by atoms with Gasteiger partial charge in [-0.1, -0.05) is 17.7 Å². The number of likely N-dealkylation sites (N-methyl/N-ethyl adjacent to an activating group) is 1. The van der Waals surface area contributed by atoms with Gasteiger partial charge in [0.15, 0.2) is 0 Å². The van der Waals surface area contributed by atoms with Crippen LogP contribution in [0.4, 0.5) is 0 Å². The fourth-order valence-corrected chi connectivity index (χ4v) is 3.28. The second kappa shape index (κ2) is 6.67. The molecule has 0 unspecified atom stereocenters. The molecule has 1 heterocycles. The molecular formula is C14H22N2O3S. The van der Waals surface area contributed by atoms with Crippen molar-refractivity contribution in [2.75, 3.05) is 46.4 Å². The van der Waals surface area contributed by atoms with E-state index in [4.69, 9.17) is 4.74 Å². The lowest BCUT2D eigenvalue weighted by atomic mass is 10.2. The van der Waals surface area contributed by atoms with Crippen LogP contribution in [0, 0.1) is 6.92 Å². The number of hydrogen-bond acceptors (Lipinski definition) is 4. The van der Waals surface area contributed by atoms with Crippen LogP contribution in [0.2, 0.25) is 0 Å². The lowest BCUT2D eigenvalue weighted by Crippen LogP contribution is -2.41. The standard InChI is InChI=1S/C14H22N2O3S/c1-13-3-5-14(6-4-13)20(17,18)15(2)7-8-16-9-11-19-12-10-16/h3-6H,7-12H2,1-2H3. The number of ether oxygens (including phenoxy) is 1. The molecule has 0 bridgehead atoms. The Morgan fingerprint density at radius 2 is 1.80 bits per heavy atom. The topological polar surface area (TPSA) is 49.9 Å². The third kappa shape index (κ3) is 3.79. The highest BCUT2D eigenvalue weighted by Crippen LogP contribution is 2.14. The number of hydrogen-bond donors (Lipinski definition) is 0. The van der Waals surface area contributed by atoms with Gasteiger partial charge in [-0.25, -0.2) is 8.42 Å². The summed E-state index contributed by atoms with van der Waals surface area (Å²) in [4.78, 5) is 2.58. The first-order chi connectivity index (χ1) is 9.50. The molecule has 0 amide bonds. The zero-order valence-corrected chi connectivity index (χ0v) is 12.9. The van der Waals surface area contributed by atoms with Crippen molar-refractivity contribution in [3.05, 3.63) is 29.8 Å². The number of morpholine rings is 1. The monoisotopic (exact) mass is 298 g/mol. The Balaban J connectivity index is 1.96. The second-order valence-corrected chi connectivity index (χ2v) is 7.14. The summed E-state index contributed by atoms with van der Waals surface area (Å²) < 4.78 is 31.5. The summed E-state index contributed by atoms with van der Waals surface area (Å²) in [6.07, 6.45) is 0. The Morgan fingerprint density at radius 1 is 1.20 bits per heavy atom. The van der Waals surface area contributed by atoms with Crippen molar-refractivity contribution < 1.29 is 13.2 Å². The molecule has 0 N–H and O–H groups in total. The van der Waals surface area contributed by atoms with E-state index in [0.29, 0.717) is 11.4 Å². The minimum atomic E-state index is -3.38. The Kier molecular flexibility index (Phi) is 5.15. The van der Waals surface area contributed by atoms with Crippen LogP contribution >= 0.6 is 0 Å². The molecule has 1 aliphatic rings. The maximum absolute atomic E-state index is 12.4. The van der Waals surface area contributed by atoms with Gasteiger partial charge in [-0.15, -0.1) is 0 Å². The van der Waals surface area contributed by atoms with E-state index in [-0.39, 0.29) is 0 Å². The Labute approximate surface area is 121 Å². The normalized spacial score (nSPS) is 17.6. The van der Waals surface area contributed by atoms with Gasteiger partial charge in [0.1, 0.15) is 0 Å². The molecule has 0 saturated carbocycles. The van der Waals surface area contributed by atoms with Crippen LogP contribution in [0.3, 0.4) is 0 Å². The predicted octanol–water partition coefficient (Wildman–Crippen LogP) is 0.948. The van der Waals surface area contributed by atoms with Crippen LogP contribution in [0.1, 0.15) is 5.56 Å². The van der Waals surface area contributed by atoms with Crippen LogP contribution in [0.5, 0.6) is 0 Å². The fourth-order valence-electron chi connectivity index (χ4n) is 2.12. The van der Waals surface area contributed by atoms with Crippen LogP contribution in [-0.2, 0) is 14.8 Å². The van der Waals surface area contributed by atoms with Crippen molar-refractivity contribution in [2.45, 2.75) is 11.8 Å². The predicted molar refractivity (Wildman–Crippen MR) is 78.3 cm³/mol. The quantitative estimate of drug-likeness (QED) is 0.812. The SMILES string of the molecule is Cc1ccc(S(=O)(=O)N(C)CCN2CCOCC2)cc1. The summed E-state index contributed by atoms with van der Waals surface area (Å²) in [5.74, 6) is 0. The second-order valence-electron chi connectivity index (χ2n) is 5.09. The number of aryl methyl sites for hydroxylation is 1. The summed E-state index contributed by atoms with van der Waals surface area (Å²) in [7, 11) is -1.75. The van der Waals surface area contributed by atoms with Crippen molar-refractivity contribution in [2.24, 2.45) is 0 Å². The molecule has 5 nitrogen and oxygen atoms in total. The van der Waals surface area contributed by atoms with E-state index < -0.39 is 10.0 Å². The molecule has 20 heavy (non-hydrogen) atoms. The molecule has 112 valence electrons. The molecule has 0 aliphatic carbocycles. The molecule has 6 heteroatoms. The molecular weight excluding hydrogens is 276 g/mol. The van der Waals surface area contributed by atoms with Gasteiger partial charge in [-0.05, 0) is 19.1 Å². The van der Waals surface area contributed by atoms with Crippen molar-refractivity contribution in [3.63, 3.8) is 0 Å². The average molecular weight is 298 g/mol. The average Bonchev–Trinajstić information content (AvgIpc) is 2.46. The van der Waals surface area contributed by atoms with Crippen LogP contribution in [-0.4, -0.2) is 64.1 Å². The third-order valence-electron chi connectivity index (χ3n) is 3.56. The third-order valence-corrected chi connectivity index (χ3v) is 5.44. The van der Waals surface area contributed by atoms with Gasteiger partial charge in [-0.2, -0.15) is 4.31 Å². The first-order valence-corrected chi connectivity index (χ1v) is 8.27. The van der Waals surface area contributed by atoms with E-state index >= 15 is 0 Å². The van der Waals surface area contributed by atoms with Gasteiger partial charge in [-0.3, -0.25) is 4.90 Å². The van der Waals surface area contributed by atoms with Gasteiger partial charge in [0, 0.05) is 33.2 Å². The number of rotatable bonds is 5. The molecule has 0 spiro atoms. The molecule has 0 radical (unpaired) electrons. The first-order valence-electron chi connectivity index (χ1n) is 6.83. The number of sulfonamides is 1. The minimum Gasteiger partial charge on any atom is -0.379 e. The van der Waals surface area contributed by atoms with Gasteiger partial charge in [0.05, 0.1) is 18.1 Å². The number of benzene rings is 1. The summed E-state index contributed by atoms with van der Waals surface area (Å²) >= 11 is 0. The van der Waals surface area contributed by atoms with Gasteiger partial charge < -0.3 is 4.74 Å². The first kappa shape index (κ1) is 15.4. The van der Waals surface area contributed by atoms with Gasteiger partial charge in [0.25, 0.3) is 0 Å². The summed E-state index contributed by atoms with van der Waals surface area (Å²) in [6, 6.07) is 6.97. The lowest BCUT2D eigenvalue weighted by Gasteiger charge is -2.28. The molecule has 0 aromatic heterocycles. The van der Waals surface area contributed by atoms with E-state index in [0.717, 1.165) is 38.4 Å². The molecule has 0 atom stereocenters. The molecule has 1 saturated heterocycles. The smallest absolute Gasteiger partial charge is 0.242 e. The Hall–Kier alpha value is -0.950. The van der Waals surface area contributed by atoms with Crippen molar-refractivity contribution in [1.82, 2.24) is 9.21 Å². The molecule has 1 fully saturated rings. The van der Waals surface area contributed by atoms with Crippen molar-refractivity contribution in [3.8, 4) is 0 Å². The molecule has 1 aromatic carbocycles. The highest BCUT2D eigenvalue weighted by molar-refractivity contribution is 7.89. The summed E-state index contributed by atoms with van der Waals surface area (Å²) in [5.41, 5.74) is 1.06. The fraction of sp³-hybridized carbons (Fsp3) is 0.571. The lowest BCUT2D eigenvalue weighted by molar-refractivity contribution is 0.0368. The van der Waals surface area contributed by atoms with E-state index in [1.54, 1.807) is 19.2 Å². The molecule has 2 rings (SSSR count). The van der Waals surface area contributed by atoms with E-state index in [1.165, 1.54) is 4.31 Å². The Bertz CT molecular complexity index is 522.